The third-order valence-corrected chi connectivity index (χ3v) is 1.94. The van der Waals surface area contributed by atoms with Gasteiger partial charge in [0.15, 0.2) is 5.78 Å². The van der Waals surface area contributed by atoms with Gasteiger partial charge in [-0.05, 0) is 12.1 Å². The average Bonchev–Trinajstić information content (AvgIpc) is 2.16. The monoisotopic (exact) mass is 209 g/mol. The fourth-order valence-electron chi connectivity index (χ4n) is 1.16. The van der Waals surface area contributed by atoms with E-state index >= 15 is 0 Å². The zero-order valence-electron chi connectivity index (χ0n) is 8.34. The molecule has 0 aliphatic carbocycles. The summed E-state index contributed by atoms with van der Waals surface area (Å²) in [5.41, 5.74) is -0.700. The standard InChI is InChI=1S/C11H9F2NO/c1-6(2)11(15)10-8(12)3-7(5-14)4-9(10)13/h3-4,6H,1-2H3. The van der Waals surface area contributed by atoms with Gasteiger partial charge in [-0.15, -0.1) is 0 Å². The molecule has 0 aliphatic rings. The highest BCUT2D eigenvalue weighted by Gasteiger charge is 2.20. The lowest BCUT2D eigenvalue weighted by molar-refractivity contribution is 0.0931. The number of ketones is 1. The lowest BCUT2D eigenvalue weighted by Gasteiger charge is -2.06. The Labute approximate surface area is 86.1 Å². The molecule has 1 rings (SSSR count). The van der Waals surface area contributed by atoms with Crippen molar-refractivity contribution >= 4 is 5.78 Å². The molecule has 0 saturated heterocycles. The SMILES string of the molecule is CC(C)C(=O)c1c(F)cc(C#N)cc1F. The van der Waals surface area contributed by atoms with Gasteiger partial charge in [-0.2, -0.15) is 5.26 Å². The molecule has 0 spiro atoms. The third-order valence-electron chi connectivity index (χ3n) is 1.94. The molecule has 0 atom stereocenters. The summed E-state index contributed by atoms with van der Waals surface area (Å²) in [7, 11) is 0. The van der Waals surface area contributed by atoms with Crippen LogP contribution in [0, 0.1) is 28.9 Å². The maximum Gasteiger partial charge on any atom is 0.171 e. The normalized spacial score (nSPS) is 10.1. The molecular weight excluding hydrogens is 200 g/mol. The first-order chi connectivity index (χ1) is 6.97. The number of carbonyl (C=O) groups is 1. The molecular formula is C11H9F2NO. The number of carbonyl (C=O) groups excluding carboxylic acids is 1. The highest BCUT2D eigenvalue weighted by molar-refractivity contribution is 5.98. The van der Waals surface area contributed by atoms with Gasteiger partial charge >= 0.3 is 0 Å². The van der Waals surface area contributed by atoms with E-state index in [1.807, 2.05) is 0 Å². The zero-order valence-corrected chi connectivity index (χ0v) is 8.34. The third kappa shape index (κ3) is 2.18. The lowest BCUT2D eigenvalue weighted by Crippen LogP contribution is -2.12. The Morgan fingerprint density at radius 3 is 2.13 bits per heavy atom. The van der Waals surface area contributed by atoms with E-state index in [0.717, 1.165) is 12.1 Å². The second-order valence-corrected chi connectivity index (χ2v) is 3.45. The summed E-state index contributed by atoms with van der Waals surface area (Å²) in [4.78, 5) is 11.4. The molecule has 0 amide bonds. The van der Waals surface area contributed by atoms with Gasteiger partial charge < -0.3 is 0 Å². The minimum Gasteiger partial charge on any atom is -0.294 e. The average molecular weight is 209 g/mol. The highest BCUT2D eigenvalue weighted by Crippen LogP contribution is 2.18. The molecule has 0 aliphatic heterocycles. The summed E-state index contributed by atoms with van der Waals surface area (Å²) in [6.45, 7) is 3.11. The van der Waals surface area contributed by atoms with Crippen LogP contribution in [-0.2, 0) is 0 Å². The maximum absolute atomic E-state index is 13.3. The fourth-order valence-corrected chi connectivity index (χ4v) is 1.16. The van der Waals surface area contributed by atoms with E-state index in [-0.39, 0.29) is 5.56 Å². The lowest BCUT2D eigenvalue weighted by atomic mass is 9.99. The molecule has 0 aromatic heterocycles. The molecule has 0 heterocycles. The summed E-state index contributed by atoms with van der Waals surface area (Å²) in [5, 5.41) is 8.46. The molecule has 0 fully saturated rings. The predicted molar refractivity (Wildman–Crippen MR) is 50.2 cm³/mol. The molecule has 0 saturated carbocycles. The fraction of sp³-hybridized carbons (Fsp3) is 0.273. The van der Waals surface area contributed by atoms with Gasteiger partial charge in [-0.25, -0.2) is 8.78 Å². The summed E-state index contributed by atoms with van der Waals surface area (Å²) >= 11 is 0. The molecule has 78 valence electrons. The predicted octanol–water partition coefficient (Wildman–Crippen LogP) is 2.68. The molecule has 0 N–H and O–H groups in total. The van der Waals surface area contributed by atoms with Gasteiger partial charge in [0.2, 0.25) is 0 Å². The molecule has 0 bridgehead atoms. The van der Waals surface area contributed by atoms with Crippen molar-refractivity contribution in [1.82, 2.24) is 0 Å². The van der Waals surface area contributed by atoms with Crippen LogP contribution in [-0.4, -0.2) is 5.78 Å². The van der Waals surface area contributed by atoms with Crippen molar-refractivity contribution in [3.8, 4) is 6.07 Å². The molecule has 1 aromatic rings. The van der Waals surface area contributed by atoms with E-state index in [4.69, 9.17) is 5.26 Å². The maximum atomic E-state index is 13.3. The Balaban J connectivity index is 3.33. The van der Waals surface area contributed by atoms with Crippen molar-refractivity contribution in [2.45, 2.75) is 13.8 Å². The number of Topliss-reactive ketones (excluding diaryl/α,β-unsaturated/α-hetero) is 1. The van der Waals surface area contributed by atoms with Crippen LogP contribution in [0.25, 0.3) is 0 Å². The van der Waals surface area contributed by atoms with Gasteiger partial charge in [-0.1, -0.05) is 13.8 Å². The largest absolute Gasteiger partial charge is 0.294 e. The molecule has 2 nitrogen and oxygen atoms in total. The summed E-state index contributed by atoms with van der Waals surface area (Å²) in [5.74, 6) is -3.05. The van der Waals surface area contributed by atoms with Crippen LogP contribution in [0.4, 0.5) is 8.78 Å². The Morgan fingerprint density at radius 2 is 1.80 bits per heavy atom. The molecule has 15 heavy (non-hydrogen) atoms. The first-order valence-electron chi connectivity index (χ1n) is 4.40. The summed E-state index contributed by atoms with van der Waals surface area (Å²) < 4.78 is 26.6. The minimum absolute atomic E-state index is 0.134. The van der Waals surface area contributed by atoms with E-state index in [1.54, 1.807) is 19.9 Å². The quantitative estimate of drug-likeness (QED) is 0.702. The van der Waals surface area contributed by atoms with Crippen molar-refractivity contribution < 1.29 is 13.6 Å². The number of benzene rings is 1. The van der Waals surface area contributed by atoms with E-state index in [0.29, 0.717) is 0 Å². The van der Waals surface area contributed by atoms with Crippen LogP contribution in [0.2, 0.25) is 0 Å². The van der Waals surface area contributed by atoms with Gasteiger partial charge in [-0.3, -0.25) is 4.79 Å². The van der Waals surface area contributed by atoms with Crippen LogP contribution in [0.15, 0.2) is 12.1 Å². The van der Waals surface area contributed by atoms with Gasteiger partial charge in [0.1, 0.15) is 11.6 Å². The highest BCUT2D eigenvalue weighted by atomic mass is 19.1. The summed E-state index contributed by atoms with van der Waals surface area (Å²) in [6, 6.07) is 3.33. The topological polar surface area (TPSA) is 40.9 Å². The number of rotatable bonds is 2. The van der Waals surface area contributed by atoms with Crippen molar-refractivity contribution in [2.24, 2.45) is 5.92 Å². The summed E-state index contributed by atoms with van der Waals surface area (Å²) in [6.07, 6.45) is 0. The number of hydrogen-bond acceptors (Lipinski definition) is 2. The Bertz CT molecular complexity index is 423. The second kappa shape index (κ2) is 4.18. The first-order valence-corrected chi connectivity index (χ1v) is 4.40. The smallest absolute Gasteiger partial charge is 0.171 e. The van der Waals surface area contributed by atoms with Crippen LogP contribution < -0.4 is 0 Å². The first kappa shape index (κ1) is 11.3. The number of hydrogen-bond donors (Lipinski definition) is 0. The van der Waals surface area contributed by atoms with E-state index in [9.17, 15) is 13.6 Å². The van der Waals surface area contributed by atoms with E-state index < -0.39 is 28.9 Å². The van der Waals surface area contributed by atoms with Gasteiger partial charge in [0.05, 0.1) is 17.2 Å². The number of halogens is 2. The molecule has 0 unspecified atom stereocenters. The molecule has 4 heteroatoms. The van der Waals surface area contributed by atoms with Crippen molar-refractivity contribution in [2.75, 3.05) is 0 Å². The Kier molecular flexibility index (Phi) is 3.15. The van der Waals surface area contributed by atoms with Crippen molar-refractivity contribution in [1.29, 1.82) is 5.26 Å². The molecule has 1 aromatic carbocycles. The van der Waals surface area contributed by atoms with Crippen LogP contribution >= 0.6 is 0 Å². The van der Waals surface area contributed by atoms with E-state index in [1.165, 1.54) is 0 Å². The Hall–Kier alpha value is -1.76. The van der Waals surface area contributed by atoms with Crippen molar-refractivity contribution in [3.63, 3.8) is 0 Å². The van der Waals surface area contributed by atoms with Crippen LogP contribution in [0.1, 0.15) is 29.8 Å². The number of nitriles is 1. The van der Waals surface area contributed by atoms with Gasteiger partial charge in [0.25, 0.3) is 0 Å². The second-order valence-electron chi connectivity index (χ2n) is 3.45. The zero-order chi connectivity index (χ0) is 11.6. The van der Waals surface area contributed by atoms with Crippen molar-refractivity contribution in [3.05, 3.63) is 34.9 Å². The van der Waals surface area contributed by atoms with Crippen LogP contribution in [0.3, 0.4) is 0 Å². The minimum atomic E-state index is -0.981. The Morgan fingerprint density at radius 1 is 1.33 bits per heavy atom. The van der Waals surface area contributed by atoms with Gasteiger partial charge in [0, 0.05) is 5.92 Å². The number of nitrogens with zero attached hydrogens (tertiary/aromatic N) is 1. The molecule has 0 radical (unpaired) electrons. The van der Waals surface area contributed by atoms with E-state index in [2.05, 4.69) is 0 Å². The van der Waals surface area contributed by atoms with Crippen LogP contribution in [0.5, 0.6) is 0 Å².